The zero-order valence-corrected chi connectivity index (χ0v) is 11.9. The van der Waals surface area contributed by atoms with Crippen molar-refractivity contribution in [2.45, 2.75) is 39.3 Å². The first-order valence-corrected chi connectivity index (χ1v) is 7.15. The third-order valence-corrected chi connectivity index (χ3v) is 3.80. The number of amides is 1. The summed E-state index contributed by atoms with van der Waals surface area (Å²) in [5, 5.41) is 4.25. The Morgan fingerprint density at radius 3 is 2.95 bits per heavy atom. The van der Waals surface area contributed by atoms with E-state index in [-0.39, 0.29) is 11.9 Å². The molecule has 1 aliphatic rings. The van der Waals surface area contributed by atoms with Gasteiger partial charge < -0.3 is 4.90 Å². The predicted molar refractivity (Wildman–Crippen MR) is 78.9 cm³/mol. The second kappa shape index (κ2) is 5.12. The van der Waals surface area contributed by atoms with Crippen molar-refractivity contribution >= 4 is 11.6 Å². The number of aromatic nitrogens is 2. The number of hydrogen-bond donors (Lipinski definition) is 0. The fraction of sp³-hybridized carbons (Fsp3) is 0.375. The van der Waals surface area contributed by atoms with E-state index in [0.29, 0.717) is 5.69 Å². The second-order valence-corrected chi connectivity index (χ2v) is 5.30. The minimum absolute atomic E-state index is 0.0494. The summed E-state index contributed by atoms with van der Waals surface area (Å²) in [5.74, 6) is 0.0494. The van der Waals surface area contributed by atoms with Crippen molar-refractivity contribution in [2.75, 3.05) is 4.90 Å². The van der Waals surface area contributed by atoms with Gasteiger partial charge >= 0.3 is 0 Å². The van der Waals surface area contributed by atoms with Crippen molar-refractivity contribution in [1.82, 2.24) is 9.78 Å². The van der Waals surface area contributed by atoms with E-state index in [9.17, 15) is 4.79 Å². The maximum atomic E-state index is 12.8. The number of benzene rings is 1. The lowest BCUT2D eigenvalue weighted by atomic mass is 10.1. The van der Waals surface area contributed by atoms with Gasteiger partial charge in [0.25, 0.3) is 5.91 Å². The van der Waals surface area contributed by atoms with Crippen LogP contribution in [0.2, 0.25) is 0 Å². The van der Waals surface area contributed by atoms with E-state index in [1.807, 2.05) is 29.2 Å². The Balaban J connectivity index is 1.96. The van der Waals surface area contributed by atoms with E-state index in [2.05, 4.69) is 25.0 Å². The molecule has 0 saturated heterocycles. The quantitative estimate of drug-likeness (QED) is 0.859. The van der Waals surface area contributed by atoms with Crippen LogP contribution in [0.1, 0.15) is 36.3 Å². The molecule has 1 aromatic heterocycles. The summed E-state index contributed by atoms with van der Waals surface area (Å²) in [7, 11) is 0. The lowest BCUT2D eigenvalue weighted by molar-refractivity contribution is 0.0971. The molecule has 2 heterocycles. The lowest BCUT2D eigenvalue weighted by Crippen LogP contribution is -2.37. The zero-order chi connectivity index (χ0) is 14.1. The number of rotatable bonds is 3. The molecule has 104 valence electrons. The molecule has 0 aliphatic carbocycles. The monoisotopic (exact) mass is 269 g/mol. The van der Waals surface area contributed by atoms with Crippen LogP contribution in [-0.4, -0.2) is 21.7 Å². The summed E-state index contributed by atoms with van der Waals surface area (Å²) in [4.78, 5) is 14.7. The summed E-state index contributed by atoms with van der Waals surface area (Å²) in [6.07, 6.45) is 3.59. The van der Waals surface area contributed by atoms with E-state index in [0.717, 1.165) is 25.1 Å². The van der Waals surface area contributed by atoms with Crippen molar-refractivity contribution < 1.29 is 4.79 Å². The van der Waals surface area contributed by atoms with Gasteiger partial charge in [0.2, 0.25) is 0 Å². The summed E-state index contributed by atoms with van der Waals surface area (Å²) in [6.45, 7) is 4.96. The first kappa shape index (κ1) is 12.9. The molecular formula is C16H19N3O. The molecule has 4 heteroatoms. The highest BCUT2D eigenvalue weighted by Gasteiger charge is 2.32. The van der Waals surface area contributed by atoms with Gasteiger partial charge in [0.1, 0.15) is 5.69 Å². The molecule has 0 unspecified atom stereocenters. The minimum atomic E-state index is 0.0494. The molecule has 1 atom stereocenters. The van der Waals surface area contributed by atoms with Crippen molar-refractivity contribution in [3.63, 3.8) is 0 Å². The van der Waals surface area contributed by atoms with E-state index in [4.69, 9.17) is 0 Å². The molecule has 0 spiro atoms. The number of para-hydroxylation sites is 1. The van der Waals surface area contributed by atoms with Crippen LogP contribution in [0, 0.1) is 0 Å². The first-order valence-electron chi connectivity index (χ1n) is 7.15. The van der Waals surface area contributed by atoms with Gasteiger partial charge in [0.05, 0.1) is 0 Å². The van der Waals surface area contributed by atoms with E-state index < -0.39 is 0 Å². The van der Waals surface area contributed by atoms with Crippen LogP contribution in [0.3, 0.4) is 0 Å². The molecule has 4 nitrogen and oxygen atoms in total. The Kier molecular flexibility index (Phi) is 3.30. The normalized spacial score (nSPS) is 17.3. The maximum Gasteiger partial charge on any atom is 0.276 e. The number of aryl methyl sites for hydroxylation is 1. The fourth-order valence-corrected chi connectivity index (χ4v) is 2.90. The first-order chi connectivity index (χ1) is 9.72. The Labute approximate surface area is 119 Å². The van der Waals surface area contributed by atoms with Gasteiger partial charge in [0.15, 0.2) is 0 Å². The lowest BCUT2D eigenvalue weighted by Gasteiger charge is -2.23. The number of anilines is 1. The topological polar surface area (TPSA) is 38.1 Å². The van der Waals surface area contributed by atoms with Crippen molar-refractivity contribution in [2.24, 2.45) is 0 Å². The number of carbonyl (C=O) groups excluding carboxylic acids is 1. The summed E-state index contributed by atoms with van der Waals surface area (Å²) < 4.78 is 1.80. The van der Waals surface area contributed by atoms with E-state index >= 15 is 0 Å². The Morgan fingerprint density at radius 2 is 2.15 bits per heavy atom. The molecule has 0 bridgehead atoms. The second-order valence-electron chi connectivity index (χ2n) is 5.30. The summed E-state index contributed by atoms with van der Waals surface area (Å²) in [5.41, 5.74) is 2.96. The van der Waals surface area contributed by atoms with Crippen molar-refractivity contribution in [3.8, 4) is 0 Å². The Bertz CT molecular complexity index is 632. The van der Waals surface area contributed by atoms with Crippen LogP contribution in [0.5, 0.6) is 0 Å². The third kappa shape index (κ3) is 2.01. The fourth-order valence-electron chi connectivity index (χ4n) is 2.90. The van der Waals surface area contributed by atoms with Gasteiger partial charge in [0, 0.05) is 24.5 Å². The highest BCUT2D eigenvalue weighted by atomic mass is 16.2. The van der Waals surface area contributed by atoms with E-state index in [1.165, 1.54) is 5.56 Å². The molecule has 0 fully saturated rings. The van der Waals surface area contributed by atoms with Crippen LogP contribution >= 0.6 is 0 Å². The van der Waals surface area contributed by atoms with Gasteiger partial charge in [-0.15, -0.1) is 0 Å². The highest BCUT2D eigenvalue weighted by molar-refractivity contribution is 6.06. The smallest absolute Gasteiger partial charge is 0.276 e. The molecule has 20 heavy (non-hydrogen) atoms. The van der Waals surface area contributed by atoms with Gasteiger partial charge in [-0.3, -0.25) is 9.48 Å². The molecule has 1 aromatic carbocycles. The number of carbonyl (C=O) groups is 1. The Hall–Kier alpha value is -2.10. The number of fused-ring (bicyclic) bond motifs is 1. The van der Waals surface area contributed by atoms with Crippen LogP contribution in [0.4, 0.5) is 5.69 Å². The molecule has 0 radical (unpaired) electrons. The molecule has 1 aliphatic heterocycles. The molecular weight excluding hydrogens is 250 g/mol. The van der Waals surface area contributed by atoms with Crippen LogP contribution in [0.25, 0.3) is 0 Å². The zero-order valence-electron chi connectivity index (χ0n) is 11.9. The van der Waals surface area contributed by atoms with Gasteiger partial charge in [-0.25, -0.2) is 0 Å². The average molecular weight is 269 g/mol. The van der Waals surface area contributed by atoms with Gasteiger partial charge in [-0.05, 0) is 37.5 Å². The highest BCUT2D eigenvalue weighted by Crippen LogP contribution is 2.32. The van der Waals surface area contributed by atoms with Crippen LogP contribution in [-0.2, 0) is 13.0 Å². The van der Waals surface area contributed by atoms with Gasteiger partial charge in [-0.1, -0.05) is 25.1 Å². The van der Waals surface area contributed by atoms with E-state index in [1.54, 1.807) is 10.9 Å². The standard InChI is InChI=1S/C16H19N3O/c1-3-10-18-15(8-9-17-18)16(20)19-12(2)11-13-6-4-5-7-14(13)19/h4-9,12H,3,10-11H2,1-2H3/t12-/m0/s1. The number of hydrogen-bond acceptors (Lipinski definition) is 2. The third-order valence-electron chi connectivity index (χ3n) is 3.80. The molecule has 3 rings (SSSR count). The van der Waals surface area contributed by atoms with Crippen molar-refractivity contribution in [1.29, 1.82) is 0 Å². The average Bonchev–Trinajstić information content (AvgIpc) is 3.02. The Morgan fingerprint density at radius 1 is 1.35 bits per heavy atom. The van der Waals surface area contributed by atoms with Crippen LogP contribution < -0.4 is 4.90 Å². The molecule has 0 N–H and O–H groups in total. The summed E-state index contributed by atoms with van der Waals surface area (Å²) >= 11 is 0. The van der Waals surface area contributed by atoms with Crippen LogP contribution in [0.15, 0.2) is 36.5 Å². The predicted octanol–water partition coefficient (Wildman–Crippen LogP) is 2.88. The molecule has 1 amide bonds. The molecule has 2 aromatic rings. The van der Waals surface area contributed by atoms with Gasteiger partial charge in [-0.2, -0.15) is 5.10 Å². The SMILES string of the molecule is CCCn1nccc1C(=O)N1c2ccccc2C[C@@H]1C. The largest absolute Gasteiger partial charge is 0.304 e. The maximum absolute atomic E-state index is 12.8. The molecule has 0 saturated carbocycles. The number of nitrogens with zero attached hydrogens (tertiary/aromatic N) is 3. The summed E-state index contributed by atoms with van der Waals surface area (Å²) in [6, 6.07) is 10.2. The minimum Gasteiger partial charge on any atom is -0.304 e. The van der Waals surface area contributed by atoms with Crippen molar-refractivity contribution in [3.05, 3.63) is 47.8 Å².